The quantitative estimate of drug-likeness (QED) is 0.331. The summed E-state index contributed by atoms with van der Waals surface area (Å²) in [6.45, 7) is 2.18. The molecule has 0 saturated heterocycles. The SMILES string of the molecule is COc1ccccc1CCNCCCCC(=O)c1cc2c(c(S(=O)O)c1)OCC2. The maximum atomic E-state index is 12.5. The molecule has 3 rings (SSSR count). The number of unbranched alkanes of at least 4 members (excludes halogenated alkanes) is 1. The Morgan fingerprint density at radius 2 is 2.07 bits per heavy atom. The number of methoxy groups -OCH3 is 1. The van der Waals surface area contributed by atoms with Crippen LogP contribution in [0.15, 0.2) is 41.3 Å². The van der Waals surface area contributed by atoms with Gasteiger partial charge in [0.1, 0.15) is 16.4 Å². The van der Waals surface area contributed by atoms with E-state index >= 15 is 0 Å². The van der Waals surface area contributed by atoms with Crippen LogP contribution in [0, 0.1) is 0 Å². The Morgan fingerprint density at radius 3 is 2.86 bits per heavy atom. The lowest BCUT2D eigenvalue weighted by Crippen LogP contribution is -2.19. The largest absolute Gasteiger partial charge is 0.496 e. The molecule has 7 heteroatoms. The fourth-order valence-corrected chi connectivity index (χ4v) is 4.08. The van der Waals surface area contributed by atoms with Gasteiger partial charge in [0.2, 0.25) is 0 Å². The molecule has 0 saturated carbocycles. The van der Waals surface area contributed by atoms with Crippen LogP contribution >= 0.6 is 0 Å². The maximum Gasteiger partial charge on any atom is 0.190 e. The van der Waals surface area contributed by atoms with Crippen molar-refractivity contribution in [2.75, 3.05) is 26.8 Å². The Morgan fingerprint density at radius 1 is 1.24 bits per heavy atom. The van der Waals surface area contributed by atoms with E-state index in [1.54, 1.807) is 13.2 Å². The predicted molar refractivity (Wildman–Crippen MR) is 112 cm³/mol. The molecule has 2 aromatic rings. The lowest BCUT2D eigenvalue weighted by atomic mass is 10.0. The highest BCUT2D eigenvalue weighted by Gasteiger charge is 2.22. The Hall–Kier alpha value is -2.22. The highest BCUT2D eigenvalue weighted by atomic mass is 32.2. The van der Waals surface area contributed by atoms with E-state index in [1.807, 2.05) is 18.2 Å². The zero-order valence-electron chi connectivity index (χ0n) is 16.6. The van der Waals surface area contributed by atoms with Crippen molar-refractivity contribution >= 4 is 16.9 Å². The van der Waals surface area contributed by atoms with Crippen molar-refractivity contribution in [3.8, 4) is 11.5 Å². The van der Waals surface area contributed by atoms with Crippen molar-refractivity contribution in [1.82, 2.24) is 5.32 Å². The molecule has 1 atom stereocenters. The van der Waals surface area contributed by atoms with Gasteiger partial charge in [-0.15, -0.1) is 0 Å². The summed E-state index contributed by atoms with van der Waals surface area (Å²) in [6.07, 6.45) is 3.64. The highest BCUT2D eigenvalue weighted by molar-refractivity contribution is 7.79. The van der Waals surface area contributed by atoms with Crippen LogP contribution in [-0.2, 0) is 23.9 Å². The molecule has 0 aromatic heterocycles. The number of para-hydroxylation sites is 1. The zero-order chi connectivity index (χ0) is 20.6. The first kappa shape index (κ1) is 21.5. The predicted octanol–water partition coefficient (Wildman–Crippen LogP) is 3.40. The van der Waals surface area contributed by atoms with Gasteiger partial charge < -0.3 is 19.3 Å². The Labute approximate surface area is 173 Å². The lowest BCUT2D eigenvalue weighted by molar-refractivity contribution is 0.0979. The van der Waals surface area contributed by atoms with Gasteiger partial charge in [0.25, 0.3) is 0 Å². The number of carbonyl (C=O) groups is 1. The van der Waals surface area contributed by atoms with Gasteiger partial charge in [-0.05, 0) is 61.7 Å². The number of ketones is 1. The van der Waals surface area contributed by atoms with Gasteiger partial charge in [-0.3, -0.25) is 4.79 Å². The molecule has 1 aliphatic rings. The van der Waals surface area contributed by atoms with Gasteiger partial charge in [-0.25, -0.2) is 4.21 Å². The monoisotopic (exact) mass is 417 g/mol. The molecular weight excluding hydrogens is 390 g/mol. The van der Waals surface area contributed by atoms with E-state index in [-0.39, 0.29) is 10.7 Å². The van der Waals surface area contributed by atoms with Crippen LogP contribution in [0.2, 0.25) is 0 Å². The average Bonchev–Trinajstić information content (AvgIpc) is 3.21. The number of benzene rings is 2. The molecule has 6 nitrogen and oxygen atoms in total. The Balaban J connectivity index is 1.40. The first-order valence-electron chi connectivity index (χ1n) is 9.86. The Kier molecular flexibility index (Phi) is 7.80. The number of ether oxygens (including phenoxy) is 2. The maximum absolute atomic E-state index is 12.5. The smallest absolute Gasteiger partial charge is 0.190 e. The molecule has 2 aromatic carbocycles. The minimum atomic E-state index is -2.16. The van der Waals surface area contributed by atoms with Gasteiger partial charge in [0.05, 0.1) is 13.7 Å². The number of rotatable bonds is 11. The van der Waals surface area contributed by atoms with Crippen LogP contribution in [0.25, 0.3) is 0 Å². The molecule has 0 aliphatic carbocycles. The van der Waals surface area contributed by atoms with Crippen molar-refractivity contribution in [1.29, 1.82) is 0 Å². The minimum absolute atomic E-state index is 0.000391. The standard InChI is InChI=1S/C22H27NO5S/c1-27-20-8-3-2-6-16(20)9-12-23-11-5-4-7-19(24)18-14-17-10-13-28-22(17)21(15-18)29(25)26/h2-3,6,8,14-15,23H,4-5,7,9-13H2,1H3,(H,25,26). The fraction of sp³-hybridized carbons (Fsp3) is 0.409. The molecule has 29 heavy (non-hydrogen) atoms. The number of Topliss-reactive ketones (excluding diaryl/α,β-unsaturated/α-hetero) is 1. The summed E-state index contributed by atoms with van der Waals surface area (Å²) in [5.41, 5.74) is 2.51. The summed E-state index contributed by atoms with van der Waals surface area (Å²) in [6, 6.07) is 11.3. The second kappa shape index (κ2) is 10.5. The first-order valence-corrected chi connectivity index (χ1v) is 11.0. The second-order valence-corrected chi connectivity index (χ2v) is 7.94. The van der Waals surface area contributed by atoms with E-state index in [4.69, 9.17) is 9.47 Å². The van der Waals surface area contributed by atoms with E-state index in [1.165, 1.54) is 11.6 Å². The van der Waals surface area contributed by atoms with Crippen LogP contribution < -0.4 is 14.8 Å². The van der Waals surface area contributed by atoms with Gasteiger partial charge in [-0.1, -0.05) is 18.2 Å². The molecule has 1 heterocycles. The number of fused-ring (bicyclic) bond motifs is 1. The third kappa shape index (κ3) is 5.65. The Bertz CT molecular complexity index is 884. The van der Waals surface area contributed by atoms with Crippen molar-refractivity contribution in [2.24, 2.45) is 0 Å². The molecule has 0 bridgehead atoms. The van der Waals surface area contributed by atoms with Gasteiger partial charge in [0.15, 0.2) is 16.9 Å². The lowest BCUT2D eigenvalue weighted by Gasteiger charge is -2.09. The summed E-state index contributed by atoms with van der Waals surface area (Å²) in [5, 5.41) is 3.40. The van der Waals surface area contributed by atoms with E-state index in [0.29, 0.717) is 30.8 Å². The second-order valence-electron chi connectivity index (χ2n) is 7.00. The molecule has 0 radical (unpaired) electrons. The molecule has 0 spiro atoms. The number of hydrogen-bond donors (Lipinski definition) is 2. The normalized spacial score (nSPS) is 13.6. The summed E-state index contributed by atoms with van der Waals surface area (Å²) < 4.78 is 31.8. The first-order chi connectivity index (χ1) is 14.1. The van der Waals surface area contributed by atoms with E-state index in [9.17, 15) is 13.6 Å². The molecule has 1 aliphatic heterocycles. The molecule has 0 fully saturated rings. The van der Waals surface area contributed by atoms with Crippen LogP contribution in [0.1, 0.15) is 40.7 Å². The van der Waals surface area contributed by atoms with Gasteiger partial charge in [0, 0.05) is 18.4 Å². The molecular formula is C22H27NO5S. The average molecular weight is 418 g/mol. The van der Waals surface area contributed by atoms with E-state index in [0.717, 1.165) is 43.7 Å². The third-order valence-corrected chi connectivity index (χ3v) is 5.71. The van der Waals surface area contributed by atoms with Crippen molar-refractivity contribution in [3.63, 3.8) is 0 Å². The van der Waals surface area contributed by atoms with Crippen LogP contribution in [0.5, 0.6) is 11.5 Å². The topological polar surface area (TPSA) is 84.9 Å². The molecule has 156 valence electrons. The fourth-order valence-electron chi connectivity index (χ4n) is 3.50. The van der Waals surface area contributed by atoms with Crippen LogP contribution in [-0.4, -0.2) is 41.4 Å². The highest BCUT2D eigenvalue weighted by Crippen LogP contribution is 2.33. The van der Waals surface area contributed by atoms with Crippen LogP contribution in [0.4, 0.5) is 0 Å². The third-order valence-electron chi connectivity index (χ3n) is 5.03. The zero-order valence-corrected chi connectivity index (χ0v) is 17.4. The summed E-state index contributed by atoms with van der Waals surface area (Å²) in [7, 11) is 1.68. The van der Waals surface area contributed by atoms with Crippen molar-refractivity contribution < 1.29 is 23.0 Å². The van der Waals surface area contributed by atoms with E-state index < -0.39 is 11.1 Å². The van der Waals surface area contributed by atoms with E-state index in [2.05, 4.69) is 11.4 Å². The number of carbonyl (C=O) groups excluding carboxylic acids is 1. The number of hydrogen-bond acceptors (Lipinski definition) is 5. The van der Waals surface area contributed by atoms with Crippen LogP contribution in [0.3, 0.4) is 0 Å². The number of nitrogens with one attached hydrogen (secondary N) is 1. The summed E-state index contributed by atoms with van der Waals surface area (Å²) >= 11 is -2.16. The van der Waals surface area contributed by atoms with Crippen molar-refractivity contribution in [2.45, 2.75) is 37.0 Å². The van der Waals surface area contributed by atoms with Gasteiger partial charge in [-0.2, -0.15) is 0 Å². The minimum Gasteiger partial charge on any atom is -0.496 e. The summed E-state index contributed by atoms with van der Waals surface area (Å²) in [4.78, 5) is 12.7. The molecule has 2 N–H and O–H groups in total. The summed E-state index contributed by atoms with van der Waals surface area (Å²) in [5.74, 6) is 1.37. The van der Waals surface area contributed by atoms with Gasteiger partial charge >= 0.3 is 0 Å². The molecule has 0 amide bonds. The van der Waals surface area contributed by atoms with Crippen molar-refractivity contribution in [3.05, 3.63) is 53.1 Å². The molecule has 1 unspecified atom stereocenters.